The van der Waals surface area contributed by atoms with Gasteiger partial charge in [-0.15, -0.1) is 0 Å². The molecule has 3 nitrogen and oxygen atoms in total. The molecule has 1 atom stereocenters. The van der Waals surface area contributed by atoms with Crippen LogP contribution in [-0.2, 0) is 19.7 Å². The van der Waals surface area contributed by atoms with Crippen molar-refractivity contribution in [3.05, 3.63) is 48.0 Å². The molecular formula is C18H30O3Si. The van der Waals surface area contributed by atoms with E-state index in [1.54, 1.807) is 0 Å². The van der Waals surface area contributed by atoms with E-state index in [1.807, 2.05) is 26.8 Å². The number of hydrogen-bond donors (Lipinski definition) is 0. The predicted octanol–water partition coefficient (Wildman–Crippen LogP) is 4.47. The van der Waals surface area contributed by atoms with Crippen molar-refractivity contribution in [3.8, 4) is 0 Å². The van der Waals surface area contributed by atoms with Gasteiger partial charge in [0.15, 0.2) is 0 Å². The molecule has 22 heavy (non-hydrogen) atoms. The molecule has 0 aliphatic rings. The predicted molar refractivity (Wildman–Crippen MR) is 93.9 cm³/mol. The fourth-order valence-corrected chi connectivity index (χ4v) is 5.32. The van der Waals surface area contributed by atoms with Gasteiger partial charge in [-0.05, 0) is 38.7 Å². The molecule has 4 heteroatoms. The molecule has 0 bridgehead atoms. The zero-order valence-electron chi connectivity index (χ0n) is 14.4. The molecule has 0 spiro atoms. The van der Waals surface area contributed by atoms with Gasteiger partial charge in [0, 0.05) is 25.9 Å². The average molecular weight is 323 g/mol. The molecule has 0 fully saturated rings. The molecule has 0 aliphatic carbocycles. The van der Waals surface area contributed by atoms with Crippen molar-refractivity contribution in [2.24, 2.45) is 5.92 Å². The second-order valence-corrected chi connectivity index (χ2v) is 7.92. The lowest BCUT2D eigenvalue weighted by atomic mass is 10.1. The van der Waals surface area contributed by atoms with Crippen LogP contribution in [-0.4, -0.2) is 28.6 Å². The highest BCUT2D eigenvalue weighted by atomic mass is 28.4. The van der Waals surface area contributed by atoms with E-state index < -0.39 is 8.80 Å². The third-order valence-corrected chi connectivity index (χ3v) is 6.66. The zero-order valence-corrected chi connectivity index (χ0v) is 15.4. The van der Waals surface area contributed by atoms with E-state index in [0.29, 0.717) is 25.7 Å². The SMILES string of the molecule is CCO[Si](CC(C)/C=C/Cc1ccccc1)(OCC)OCC. The minimum absolute atomic E-state index is 0.375. The van der Waals surface area contributed by atoms with Crippen molar-refractivity contribution in [1.82, 2.24) is 0 Å². The van der Waals surface area contributed by atoms with E-state index in [0.717, 1.165) is 12.5 Å². The molecule has 0 radical (unpaired) electrons. The molecule has 0 saturated heterocycles. The van der Waals surface area contributed by atoms with Gasteiger partial charge in [-0.3, -0.25) is 0 Å². The second-order valence-electron chi connectivity index (χ2n) is 5.28. The van der Waals surface area contributed by atoms with E-state index in [1.165, 1.54) is 5.56 Å². The standard InChI is InChI=1S/C18H30O3Si/c1-5-19-22(20-6-2,21-7-3)16-17(4)12-11-15-18-13-9-8-10-14-18/h8-14,17H,5-7,15-16H2,1-4H3/b12-11+. The van der Waals surface area contributed by atoms with Gasteiger partial charge in [0.2, 0.25) is 0 Å². The Bertz CT molecular complexity index is 403. The molecule has 124 valence electrons. The maximum Gasteiger partial charge on any atom is 0.501 e. The zero-order chi connectivity index (χ0) is 16.3. The van der Waals surface area contributed by atoms with Gasteiger partial charge >= 0.3 is 8.80 Å². The molecule has 1 unspecified atom stereocenters. The first-order valence-electron chi connectivity index (χ1n) is 8.28. The Balaban J connectivity index is 2.59. The van der Waals surface area contributed by atoms with Crippen LogP contribution in [0.4, 0.5) is 0 Å². The average Bonchev–Trinajstić information content (AvgIpc) is 2.49. The van der Waals surface area contributed by atoms with Crippen LogP contribution in [0.2, 0.25) is 6.04 Å². The summed E-state index contributed by atoms with van der Waals surface area (Å²) >= 11 is 0. The van der Waals surface area contributed by atoms with Gasteiger partial charge < -0.3 is 13.3 Å². The van der Waals surface area contributed by atoms with Gasteiger partial charge in [-0.25, -0.2) is 0 Å². The molecule has 1 rings (SSSR count). The maximum absolute atomic E-state index is 5.91. The summed E-state index contributed by atoms with van der Waals surface area (Å²) in [5.74, 6) is 0.375. The third-order valence-electron chi connectivity index (χ3n) is 3.33. The molecule has 0 aliphatic heterocycles. The Morgan fingerprint density at radius 2 is 1.50 bits per heavy atom. The van der Waals surface area contributed by atoms with Crippen molar-refractivity contribution < 1.29 is 13.3 Å². The Hall–Kier alpha value is -0.943. The molecule has 1 aromatic rings. The molecule has 0 saturated carbocycles. The fraction of sp³-hybridized carbons (Fsp3) is 0.556. The van der Waals surface area contributed by atoms with E-state index in [4.69, 9.17) is 13.3 Å². The summed E-state index contributed by atoms with van der Waals surface area (Å²) in [6.07, 6.45) is 5.42. The summed E-state index contributed by atoms with van der Waals surface area (Å²) < 4.78 is 17.7. The van der Waals surface area contributed by atoms with Crippen molar-refractivity contribution in [2.75, 3.05) is 19.8 Å². The molecule has 0 amide bonds. The highest BCUT2D eigenvalue weighted by Gasteiger charge is 2.41. The first-order chi connectivity index (χ1) is 10.7. The minimum atomic E-state index is -2.54. The van der Waals surface area contributed by atoms with E-state index in [2.05, 4.69) is 43.3 Å². The third kappa shape index (κ3) is 6.88. The van der Waals surface area contributed by atoms with Crippen molar-refractivity contribution in [2.45, 2.75) is 40.2 Å². The summed E-state index contributed by atoms with van der Waals surface area (Å²) in [4.78, 5) is 0. The first-order valence-corrected chi connectivity index (χ1v) is 10.2. The fourth-order valence-electron chi connectivity index (χ4n) is 2.47. The highest BCUT2D eigenvalue weighted by molar-refractivity contribution is 6.60. The topological polar surface area (TPSA) is 27.7 Å². The largest absolute Gasteiger partial charge is 0.501 e. The Morgan fingerprint density at radius 1 is 0.955 bits per heavy atom. The van der Waals surface area contributed by atoms with Crippen LogP contribution in [0.15, 0.2) is 42.5 Å². The summed E-state index contributed by atoms with van der Waals surface area (Å²) in [6, 6.07) is 11.3. The van der Waals surface area contributed by atoms with Crippen LogP contribution in [0.5, 0.6) is 0 Å². The summed E-state index contributed by atoms with van der Waals surface area (Å²) in [7, 11) is -2.54. The lowest BCUT2D eigenvalue weighted by Crippen LogP contribution is -2.47. The number of rotatable bonds is 11. The van der Waals surface area contributed by atoms with Crippen LogP contribution >= 0.6 is 0 Å². The number of hydrogen-bond acceptors (Lipinski definition) is 3. The van der Waals surface area contributed by atoms with Gasteiger partial charge in [0.05, 0.1) is 0 Å². The van der Waals surface area contributed by atoms with Crippen LogP contribution in [0.3, 0.4) is 0 Å². The van der Waals surface area contributed by atoms with Crippen LogP contribution in [0, 0.1) is 5.92 Å². The second kappa shape index (κ2) is 10.7. The van der Waals surface area contributed by atoms with E-state index in [-0.39, 0.29) is 0 Å². The van der Waals surface area contributed by atoms with Crippen molar-refractivity contribution >= 4 is 8.80 Å². The Kier molecular flexibility index (Phi) is 9.32. The maximum atomic E-state index is 5.91. The minimum Gasteiger partial charge on any atom is -0.374 e. The molecule has 0 heterocycles. The highest BCUT2D eigenvalue weighted by Crippen LogP contribution is 2.22. The van der Waals surface area contributed by atoms with Gasteiger partial charge in [0.25, 0.3) is 0 Å². The lowest BCUT2D eigenvalue weighted by Gasteiger charge is -2.29. The summed E-state index contributed by atoms with van der Waals surface area (Å²) in [5.41, 5.74) is 1.33. The lowest BCUT2D eigenvalue weighted by molar-refractivity contribution is 0.0691. The summed E-state index contributed by atoms with van der Waals surface area (Å²) in [6.45, 7) is 10.1. The van der Waals surface area contributed by atoms with Crippen molar-refractivity contribution in [1.29, 1.82) is 0 Å². The summed E-state index contributed by atoms with van der Waals surface area (Å²) in [5, 5.41) is 0. The van der Waals surface area contributed by atoms with Crippen LogP contribution < -0.4 is 0 Å². The Morgan fingerprint density at radius 3 is 2.00 bits per heavy atom. The van der Waals surface area contributed by atoms with Gasteiger partial charge in [-0.1, -0.05) is 49.4 Å². The van der Waals surface area contributed by atoms with E-state index in [9.17, 15) is 0 Å². The normalized spacial score (nSPS) is 13.6. The number of allylic oxidation sites excluding steroid dienone is 2. The first kappa shape index (κ1) is 19.1. The van der Waals surface area contributed by atoms with Crippen LogP contribution in [0.25, 0.3) is 0 Å². The molecule has 0 N–H and O–H groups in total. The van der Waals surface area contributed by atoms with Gasteiger partial charge in [0.1, 0.15) is 0 Å². The molecular weight excluding hydrogens is 292 g/mol. The van der Waals surface area contributed by atoms with Crippen molar-refractivity contribution in [3.63, 3.8) is 0 Å². The molecule has 1 aromatic carbocycles. The quantitative estimate of drug-likeness (QED) is 0.444. The Labute approximate surface area is 136 Å². The van der Waals surface area contributed by atoms with Gasteiger partial charge in [-0.2, -0.15) is 0 Å². The monoisotopic (exact) mass is 322 g/mol. The van der Waals surface area contributed by atoms with Crippen LogP contribution in [0.1, 0.15) is 33.3 Å². The number of benzene rings is 1. The molecule has 0 aromatic heterocycles. The smallest absolute Gasteiger partial charge is 0.374 e. The van der Waals surface area contributed by atoms with E-state index >= 15 is 0 Å².